The number of hydrogen-bond acceptors (Lipinski definition) is 4. The standard InChI is InChI=1S/C21H27N3O4/c25-19(14-24-21(28)18-9-5-4-8-16(18)13-22-24)23-17(10-11-20(26)27)12-15-6-2-1-3-7-15/h4-5,8-9,13,15,17H,1-3,6-7,10-12,14H2,(H,23,25)(H,26,27). The summed E-state index contributed by atoms with van der Waals surface area (Å²) < 4.78 is 1.16. The number of aliphatic carboxylic acids is 1. The van der Waals surface area contributed by atoms with Gasteiger partial charge in [0.15, 0.2) is 0 Å². The zero-order valence-corrected chi connectivity index (χ0v) is 16.0. The van der Waals surface area contributed by atoms with E-state index in [1.165, 1.54) is 19.3 Å². The molecule has 1 unspecified atom stereocenters. The Hall–Kier alpha value is -2.70. The van der Waals surface area contributed by atoms with Crippen molar-refractivity contribution < 1.29 is 14.7 Å². The van der Waals surface area contributed by atoms with Crippen molar-refractivity contribution in [3.63, 3.8) is 0 Å². The highest BCUT2D eigenvalue weighted by atomic mass is 16.4. The van der Waals surface area contributed by atoms with Gasteiger partial charge >= 0.3 is 5.97 Å². The second kappa shape index (κ2) is 9.48. The van der Waals surface area contributed by atoms with Crippen LogP contribution in [0.1, 0.15) is 51.4 Å². The number of benzene rings is 1. The van der Waals surface area contributed by atoms with Crippen LogP contribution in [0.2, 0.25) is 0 Å². The molecule has 0 spiro atoms. The van der Waals surface area contributed by atoms with Gasteiger partial charge in [0.1, 0.15) is 6.54 Å². The molecule has 1 heterocycles. The Morgan fingerprint density at radius 3 is 2.71 bits per heavy atom. The molecule has 1 fully saturated rings. The molecule has 1 amide bonds. The normalized spacial score (nSPS) is 16.0. The van der Waals surface area contributed by atoms with Crippen molar-refractivity contribution in [1.82, 2.24) is 15.1 Å². The Kier molecular flexibility index (Phi) is 6.79. The van der Waals surface area contributed by atoms with Crippen molar-refractivity contribution in [1.29, 1.82) is 0 Å². The van der Waals surface area contributed by atoms with Crippen molar-refractivity contribution in [2.45, 2.75) is 64.0 Å². The SMILES string of the molecule is O=C(O)CCC(CC1CCCCC1)NC(=O)Cn1ncc2ccccc2c1=O. The van der Waals surface area contributed by atoms with Crippen LogP contribution < -0.4 is 10.9 Å². The first-order valence-corrected chi connectivity index (χ1v) is 9.99. The highest BCUT2D eigenvalue weighted by Gasteiger charge is 2.21. The van der Waals surface area contributed by atoms with Gasteiger partial charge < -0.3 is 10.4 Å². The fourth-order valence-electron chi connectivity index (χ4n) is 4.02. The Balaban J connectivity index is 1.66. The number of nitrogens with one attached hydrogen (secondary N) is 1. The molecule has 7 nitrogen and oxygen atoms in total. The maximum atomic E-state index is 12.5. The molecule has 7 heteroatoms. The Bertz CT molecular complexity index is 887. The maximum absolute atomic E-state index is 12.5. The van der Waals surface area contributed by atoms with Gasteiger partial charge in [-0.15, -0.1) is 0 Å². The highest BCUT2D eigenvalue weighted by Crippen LogP contribution is 2.28. The van der Waals surface area contributed by atoms with Gasteiger partial charge in [-0.1, -0.05) is 50.3 Å². The van der Waals surface area contributed by atoms with E-state index in [1.54, 1.807) is 24.4 Å². The molecule has 0 saturated heterocycles. The van der Waals surface area contributed by atoms with Crippen LogP contribution >= 0.6 is 0 Å². The molecule has 1 aliphatic carbocycles. The molecule has 0 bridgehead atoms. The number of carboxylic acid groups (broad SMARTS) is 1. The summed E-state index contributed by atoms with van der Waals surface area (Å²) in [6.45, 7) is -0.169. The quantitative estimate of drug-likeness (QED) is 0.727. The number of carbonyl (C=O) groups is 2. The van der Waals surface area contributed by atoms with Crippen LogP contribution in [0.5, 0.6) is 0 Å². The van der Waals surface area contributed by atoms with Crippen LogP contribution in [0.3, 0.4) is 0 Å². The molecule has 1 saturated carbocycles. The minimum Gasteiger partial charge on any atom is -0.481 e. The Labute approximate surface area is 163 Å². The lowest BCUT2D eigenvalue weighted by atomic mass is 9.84. The third-order valence-corrected chi connectivity index (χ3v) is 5.47. The fourth-order valence-corrected chi connectivity index (χ4v) is 4.02. The lowest BCUT2D eigenvalue weighted by molar-refractivity contribution is -0.137. The van der Waals surface area contributed by atoms with Crippen LogP contribution in [0, 0.1) is 5.92 Å². The van der Waals surface area contributed by atoms with E-state index >= 15 is 0 Å². The van der Waals surface area contributed by atoms with Crippen molar-refractivity contribution in [3.05, 3.63) is 40.8 Å². The molecule has 28 heavy (non-hydrogen) atoms. The monoisotopic (exact) mass is 385 g/mol. The summed E-state index contributed by atoms with van der Waals surface area (Å²) in [6.07, 6.45) is 8.69. The zero-order chi connectivity index (χ0) is 19.9. The first-order valence-electron chi connectivity index (χ1n) is 9.99. The first kappa shape index (κ1) is 20.0. The van der Waals surface area contributed by atoms with E-state index in [1.807, 2.05) is 6.07 Å². The van der Waals surface area contributed by atoms with Gasteiger partial charge in [-0.3, -0.25) is 14.4 Å². The number of aromatic nitrogens is 2. The molecule has 0 radical (unpaired) electrons. The van der Waals surface area contributed by atoms with E-state index < -0.39 is 5.97 Å². The summed E-state index contributed by atoms with van der Waals surface area (Å²) in [5, 5.41) is 17.3. The van der Waals surface area contributed by atoms with Gasteiger partial charge in [0.25, 0.3) is 5.56 Å². The maximum Gasteiger partial charge on any atom is 0.303 e. The van der Waals surface area contributed by atoms with Gasteiger partial charge in [-0.2, -0.15) is 5.10 Å². The molecule has 0 aliphatic heterocycles. The van der Waals surface area contributed by atoms with Crippen LogP contribution in [0.15, 0.2) is 35.3 Å². The fraction of sp³-hybridized carbons (Fsp3) is 0.524. The molecular formula is C21H27N3O4. The van der Waals surface area contributed by atoms with E-state index in [-0.39, 0.29) is 30.5 Å². The molecular weight excluding hydrogens is 358 g/mol. The van der Waals surface area contributed by atoms with Gasteiger partial charge in [0.05, 0.1) is 11.6 Å². The van der Waals surface area contributed by atoms with Gasteiger partial charge in [-0.05, 0) is 24.8 Å². The molecule has 150 valence electrons. The second-order valence-electron chi connectivity index (χ2n) is 7.63. The predicted molar refractivity (Wildman–Crippen MR) is 106 cm³/mol. The van der Waals surface area contributed by atoms with E-state index in [2.05, 4.69) is 10.4 Å². The molecule has 2 N–H and O–H groups in total. The topological polar surface area (TPSA) is 101 Å². The van der Waals surface area contributed by atoms with Gasteiger partial charge in [0.2, 0.25) is 5.91 Å². The van der Waals surface area contributed by atoms with Crippen LogP contribution in [0.25, 0.3) is 10.8 Å². The van der Waals surface area contributed by atoms with Crippen LogP contribution in [0.4, 0.5) is 0 Å². The lowest BCUT2D eigenvalue weighted by Gasteiger charge is -2.27. The summed E-state index contributed by atoms with van der Waals surface area (Å²) >= 11 is 0. The average Bonchev–Trinajstić information content (AvgIpc) is 2.69. The van der Waals surface area contributed by atoms with E-state index in [4.69, 9.17) is 5.11 Å². The third kappa shape index (κ3) is 5.41. The predicted octanol–water partition coefficient (Wildman–Crippen LogP) is 2.72. The Morgan fingerprint density at radius 1 is 1.21 bits per heavy atom. The van der Waals surface area contributed by atoms with Gasteiger partial charge in [-0.25, -0.2) is 4.68 Å². The number of nitrogens with zero attached hydrogens (tertiary/aromatic N) is 2. The number of carboxylic acids is 1. The van der Waals surface area contributed by atoms with E-state index in [0.29, 0.717) is 17.7 Å². The van der Waals surface area contributed by atoms with Crippen molar-refractivity contribution in [2.24, 2.45) is 5.92 Å². The largest absolute Gasteiger partial charge is 0.481 e. The third-order valence-electron chi connectivity index (χ3n) is 5.47. The lowest BCUT2D eigenvalue weighted by Crippen LogP contribution is -2.41. The summed E-state index contributed by atoms with van der Waals surface area (Å²) in [7, 11) is 0. The van der Waals surface area contributed by atoms with Gasteiger partial charge in [0, 0.05) is 17.8 Å². The smallest absolute Gasteiger partial charge is 0.303 e. The van der Waals surface area contributed by atoms with Crippen LogP contribution in [-0.4, -0.2) is 32.8 Å². The number of rotatable bonds is 8. The van der Waals surface area contributed by atoms with E-state index in [0.717, 1.165) is 29.3 Å². The molecule has 1 atom stereocenters. The zero-order valence-electron chi connectivity index (χ0n) is 16.0. The number of carbonyl (C=O) groups excluding carboxylic acids is 1. The molecule has 3 rings (SSSR count). The summed E-state index contributed by atoms with van der Waals surface area (Å²) in [6, 6.07) is 6.94. The minimum atomic E-state index is -0.865. The Morgan fingerprint density at radius 2 is 1.96 bits per heavy atom. The second-order valence-corrected chi connectivity index (χ2v) is 7.63. The number of amides is 1. The van der Waals surface area contributed by atoms with E-state index in [9.17, 15) is 14.4 Å². The molecule has 1 aromatic carbocycles. The highest BCUT2D eigenvalue weighted by molar-refractivity contribution is 5.81. The minimum absolute atomic E-state index is 0.0197. The van der Waals surface area contributed by atoms with Crippen LogP contribution in [-0.2, 0) is 16.1 Å². The molecule has 2 aromatic rings. The molecule has 1 aliphatic rings. The molecule has 1 aromatic heterocycles. The van der Waals surface area contributed by atoms with Crippen molar-refractivity contribution in [2.75, 3.05) is 0 Å². The van der Waals surface area contributed by atoms with Crippen molar-refractivity contribution in [3.8, 4) is 0 Å². The number of hydrogen-bond donors (Lipinski definition) is 2. The van der Waals surface area contributed by atoms with Crippen molar-refractivity contribution >= 4 is 22.6 Å². The summed E-state index contributed by atoms with van der Waals surface area (Å²) in [5.74, 6) is -0.652. The summed E-state index contributed by atoms with van der Waals surface area (Å²) in [5.41, 5.74) is -0.303. The first-order chi connectivity index (χ1) is 13.5. The average molecular weight is 385 g/mol. The summed E-state index contributed by atoms with van der Waals surface area (Å²) in [4.78, 5) is 36.0. The number of fused-ring (bicyclic) bond motifs is 1.